The molecule has 0 aliphatic heterocycles. The molecule has 3 aromatic rings. The second kappa shape index (κ2) is 7.25. The monoisotopic (exact) mass is 336 g/mol. The number of carbonyl (C=O) groups excluding carboxylic acids is 1. The molecule has 6 heteroatoms. The largest absolute Gasteiger partial charge is 0.337 e. The summed E-state index contributed by atoms with van der Waals surface area (Å²) in [4.78, 5) is 26.8. The summed E-state index contributed by atoms with van der Waals surface area (Å²) >= 11 is 0. The van der Waals surface area contributed by atoms with Gasteiger partial charge in [0.15, 0.2) is 0 Å². The standard InChI is InChI=1S/C19H20N4O2/c1-3-22(12-15-9-5-4-8-14(15)2)18(24)13-23-19(25)16-10-6-7-11-17(16)20-21-23/h4-11H,3,12-13H2,1-2H3. The minimum absolute atomic E-state index is 0.115. The Morgan fingerprint density at radius 3 is 2.60 bits per heavy atom. The van der Waals surface area contributed by atoms with Crippen LogP contribution in [0.5, 0.6) is 0 Å². The van der Waals surface area contributed by atoms with Gasteiger partial charge >= 0.3 is 0 Å². The van der Waals surface area contributed by atoms with Gasteiger partial charge in [-0.2, -0.15) is 0 Å². The van der Waals surface area contributed by atoms with E-state index in [1.54, 1.807) is 29.2 Å². The molecule has 0 unspecified atom stereocenters. The van der Waals surface area contributed by atoms with Crippen LogP contribution in [0.25, 0.3) is 10.9 Å². The lowest BCUT2D eigenvalue weighted by atomic mass is 10.1. The molecule has 0 radical (unpaired) electrons. The van der Waals surface area contributed by atoms with Crippen LogP contribution in [0.15, 0.2) is 53.3 Å². The van der Waals surface area contributed by atoms with Crippen molar-refractivity contribution in [3.8, 4) is 0 Å². The molecular formula is C19H20N4O2. The lowest BCUT2D eigenvalue weighted by molar-refractivity contribution is -0.132. The Labute approximate surface area is 145 Å². The molecule has 0 spiro atoms. The predicted molar refractivity (Wildman–Crippen MR) is 96.1 cm³/mol. The third kappa shape index (κ3) is 3.57. The van der Waals surface area contributed by atoms with Crippen molar-refractivity contribution in [1.29, 1.82) is 0 Å². The third-order valence-corrected chi connectivity index (χ3v) is 4.27. The highest BCUT2D eigenvalue weighted by Crippen LogP contribution is 2.11. The first kappa shape index (κ1) is 16.8. The minimum Gasteiger partial charge on any atom is -0.337 e. The number of likely N-dealkylation sites (N-methyl/N-ethyl adjacent to an activating group) is 1. The number of benzene rings is 2. The van der Waals surface area contributed by atoms with E-state index in [-0.39, 0.29) is 18.0 Å². The van der Waals surface area contributed by atoms with E-state index in [4.69, 9.17) is 0 Å². The van der Waals surface area contributed by atoms with Crippen LogP contribution in [0.1, 0.15) is 18.1 Å². The molecule has 0 atom stereocenters. The molecular weight excluding hydrogens is 316 g/mol. The zero-order chi connectivity index (χ0) is 17.8. The maximum atomic E-state index is 12.6. The maximum absolute atomic E-state index is 12.6. The summed E-state index contributed by atoms with van der Waals surface area (Å²) in [6, 6.07) is 15.0. The van der Waals surface area contributed by atoms with Crippen LogP contribution in [0.2, 0.25) is 0 Å². The van der Waals surface area contributed by atoms with E-state index in [1.807, 2.05) is 38.1 Å². The van der Waals surface area contributed by atoms with E-state index >= 15 is 0 Å². The first-order chi connectivity index (χ1) is 12.1. The summed E-state index contributed by atoms with van der Waals surface area (Å²) in [5, 5.41) is 8.38. The van der Waals surface area contributed by atoms with Gasteiger partial charge in [-0.3, -0.25) is 9.59 Å². The first-order valence-corrected chi connectivity index (χ1v) is 8.25. The molecule has 0 aliphatic carbocycles. The van der Waals surface area contributed by atoms with E-state index in [1.165, 1.54) is 0 Å². The molecule has 1 aromatic heterocycles. The first-order valence-electron chi connectivity index (χ1n) is 8.25. The Kier molecular flexibility index (Phi) is 4.88. The zero-order valence-electron chi connectivity index (χ0n) is 14.3. The smallest absolute Gasteiger partial charge is 0.278 e. The number of hydrogen-bond acceptors (Lipinski definition) is 4. The Hall–Kier alpha value is -3.02. The summed E-state index contributed by atoms with van der Waals surface area (Å²) in [6.07, 6.45) is 0. The van der Waals surface area contributed by atoms with Crippen LogP contribution >= 0.6 is 0 Å². The van der Waals surface area contributed by atoms with E-state index in [2.05, 4.69) is 10.3 Å². The number of carbonyl (C=O) groups is 1. The summed E-state index contributed by atoms with van der Waals surface area (Å²) < 4.78 is 1.13. The quantitative estimate of drug-likeness (QED) is 0.716. The van der Waals surface area contributed by atoms with Gasteiger partial charge in [0.2, 0.25) is 5.91 Å². The van der Waals surface area contributed by atoms with Gasteiger partial charge in [0, 0.05) is 13.1 Å². The van der Waals surface area contributed by atoms with Gasteiger partial charge in [-0.15, -0.1) is 5.10 Å². The van der Waals surface area contributed by atoms with Gasteiger partial charge in [0.25, 0.3) is 5.56 Å². The fourth-order valence-electron chi connectivity index (χ4n) is 2.72. The third-order valence-electron chi connectivity index (χ3n) is 4.27. The predicted octanol–water partition coefficient (Wildman–Crippen LogP) is 2.15. The molecule has 128 valence electrons. The molecule has 0 fully saturated rings. The van der Waals surface area contributed by atoms with Gasteiger partial charge in [0.05, 0.1) is 5.39 Å². The van der Waals surface area contributed by atoms with Crippen molar-refractivity contribution in [3.63, 3.8) is 0 Å². The number of rotatable bonds is 5. The van der Waals surface area contributed by atoms with Crippen molar-refractivity contribution in [1.82, 2.24) is 19.9 Å². The van der Waals surface area contributed by atoms with Crippen LogP contribution < -0.4 is 5.56 Å². The van der Waals surface area contributed by atoms with E-state index < -0.39 is 0 Å². The average molecular weight is 336 g/mol. The van der Waals surface area contributed by atoms with Gasteiger partial charge in [-0.05, 0) is 37.1 Å². The number of aryl methyl sites for hydroxylation is 1. The van der Waals surface area contributed by atoms with Crippen LogP contribution in [0.4, 0.5) is 0 Å². The lowest BCUT2D eigenvalue weighted by Crippen LogP contribution is -2.37. The molecule has 1 amide bonds. The molecule has 0 aliphatic rings. The molecule has 0 saturated heterocycles. The molecule has 25 heavy (non-hydrogen) atoms. The molecule has 2 aromatic carbocycles. The van der Waals surface area contributed by atoms with Crippen LogP contribution in [-0.2, 0) is 17.9 Å². The Morgan fingerprint density at radius 1 is 1.12 bits per heavy atom. The molecule has 0 saturated carbocycles. The van der Waals surface area contributed by atoms with Crippen molar-refractivity contribution >= 4 is 16.8 Å². The van der Waals surface area contributed by atoms with Crippen LogP contribution in [0.3, 0.4) is 0 Å². The van der Waals surface area contributed by atoms with Gasteiger partial charge in [-0.25, -0.2) is 4.68 Å². The molecule has 0 N–H and O–H groups in total. The fourth-order valence-corrected chi connectivity index (χ4v) is 2.72. The Bertz CT molecular complexity index is 965. The van der Waals surface area contributed by atoms with Crippen molar-refractivity contribution in [2.75, 3.05) is 6.54 Å². The number of aromatic nitrogens is 3. The SMILES string of the molecule is CCN(Cc1ccccc1C)C(=O)Cn1nnc2ccccc2c1=O. The number of fused-ring (bicyclic) bond motifs is 1. The van der Waals surface area contributed by atoms with Gasteiger partial charge in [0.1, 0.15) is 12.1 Å². The highest BCUT2D eigenvalue weighted by Gasteiger charge is 2.16. The van der Waals surface area contributed by atoms with Crippen LogP contribution in [-0.4, -0.2) is 32.3 Å². The van der Waals surface area contributed by atoms with Crippen LogP contribution in [0, 0.1) is 6.92 Å². The summed E-state index contributed by atoms with van der Waals surface area (Å²) in [7, 11) is 0. The van der Waals surface area contributed by atoms with E-state index in [0.29, 0.717) is 24.0 Å². The Balaban J connectivity index is 1.82. The average Bonchev–Trinajstić information content (AvgIpc) is 2.63. The number of hydrogen-bond donors (Lipinski definition) is 0. The number of nitrogens with zero attached hydrogens (tertiary/aromatic N) is 4. The Morgan fingerprint density at radius 2 is 1.84 bits per heavy atom. The van der Waals surface area contributed by atoms with E-state index in [9.17, 15) is 9.59 Å². The minimum atomic E-state index is -0.300. The molecule has 6 nitrogen and oxygen atoms in total. The summed E-state index contributed by atoms with van der Waals surface area (Å²) in [6.45, 7) is 4.90. The van der Waals surface area contributed by atoms with Gasteiger partial charge < -0.3 is 4.90 Å². The second-order valence-corrected chi connectivity index (χ2v) is 5.90. The van der Waals surface area contributed by atoms with Crippen molar-refractivity contribution in [3.05, 3.63) is 70.0 Å². The molecule has 1 heterocycles. The van der Waals surface area contributed by atoms with Crippen molar-refractivity contribution in [2.24, 2.45) is 0 Å². The zero-order valence-corrected chi connectivity index (χ0v) is 14.3. The molecule has 3 rings (SSSR count). The second-order valence-electron chi connectivity index (χ2n) is 5.90. The highest BCUT2D eigenvalue weighted by atomic mass is 16.2. The lowest BCUT2D eigenvalue weighted by Gasteiger charge is -2.22. The maximum Gasteiger partial charge on any atom is 0.278 e. The topological polar surface area (TPSA) is 68.1 Å². The summed E-state index contributed by atoms with van der Waals surface area (Å²) in [5.41, 5.74) is 2.46. The van der Waals surface area contributed by atoms with Gasteiger partial charge in [-0.1, -0.05) is 41.6 Å². The molecule has 0 bridgehead atoms. The van der Waals surface area contributed by atoms with Crippen molar-refractivity contribution < 1.29 is 4.79 Å². The summed E-state index contributed by atoms with van der Waals surface area (Å²) in [5.74, 6) is -0.155. The van der Waals surface area contributed by atoms with Crippen molar-refractivity contribution in [2.45, 2.75) is 26.9 Å². The highest BCUT2D eigenvalue weighted by molar-refractivity contribution is 5.78. The fraction of sp³-hybridized carbons (Fsp3) is 0.263. The number of amides is 1. The van der Waals surface area contributed by atoms with E-state index in [0.717, 1.165) is 15.8 Å². The normalized spacial score (nSPS) is 10.8.